The molecule has 5 nitrogen and oxygen atoms in total. The van der Waals surface area contributed by atoms with Crippen LogP contribution in [-0.4, -0.2) is 20.3 Å². The van der Waals surface area contributed by atoms with E-state index in [0.717, 1.165) is 28.5 Å². The van der Waals surface area contributed by atoms with E-state index in [1.54, 1.807) is 0 Å². The highest BCUT2D eigenvalue weighted by molar-refractivity contribution is 6.12. The van der Waals surface area contributed by atoms with Gasteiger partial charge in [0.15, 0.2) is 0 Å². The lowest BCUT2D eigenvalue weighted by Gasteiger charge is -2.35. The molecular weight excluding hydrogens is 480 g/mol. The lowest BCUT2D eigenvalue weighted by molar-refractivity contribution is -0.526. The van der Waals surface area contributed by atoms with Crippen LogP contribution in [0.5, 0.6) is 11.5 Å². The van der Waals surface area contributed by atoms with Gasteiger partial charge in [-0.3, -0.25) is 4.57 Å². The number of azo groups is 2. The van der Waals surface area contributed by atoms with Gasteiger partial charge in [0.1, 0.15) is 17.3 Å². The second kappa shape index (κ2) is 8.12. The van der Waals surface area contributed by atoms with E-state index >= 15 is 0 Å². The van der Waals surface area contributed by atoms with Gasteiger partial charge in [0, 0.05) is 53.1 Å². The van der Waals surface area contributed by atoms with Crippen LogP contribution in [0.15, 0.2) is 90.3 Å². The molecule has 0 amide bonds. The molecule has 0 bridgehead atoms. The van der Waals surface area contributed by atoms with Crippen LogP contribution in [0.2, 0.25) is 0 Å². The number of aromatic nitrogens is 2. The minimum absolute atomic E-state index is 0.0348. The molecule has 2 aliphatic heterocycles. The molecule has 5 aromatic rings. The van der Waals surface area contributed by atoms with Crippen molar-refractivity contribution in [3.05, 3.63) is 102 Å². The molecule has 2 aromatic heterocycles. The molecule has 1 atom stereocenters. The predicted octanol–water partition coefficient (Wildman–Crippen LogP) is 8.92. The van der Waals surface area contributed by atoms with Gasteiger partial charge in [-0.1, -0.05) is 57.5 Å². The maximum Gasteiger partial charge on any atom is 0.236 e. The van der Waals surface area contributed by atoms with Crippen molar-refractivity contribution in [2.45, 2.75) is 58.4 Å². The standard InChI is InChI=1S/C34H33N4O/c1-21-14-16-36-38(21)23-9-7-10-24(19-23)39-25-12-13-26-27-17-22(33(2,3)4)18-29-31(27)37(30(26)20-25)32-28(34(29,5)6)11-8-15-35-32/h7-21H,1-6H3/q+1. The fourth-order valence-electron chi connectivity index (χ4n) is 6.08. The number of hydrogen-bond acceptors (Lipinski definition) is 3. The van der Waals surface area contributed by atoms with Gasteiger partial charge in [0.2, 0.25) is 11.7 Å². The summed E-state index contributed by atoms with van der Waals surface area (Å²) < 4.78 is 10.8. The van der Waals surface area contributed by atoms with Gasteiger partial charge < -0.3 is 4.74 Å². The molecule has 0 spiro atoms. The summed E-state index contributed by atoms with van der Waals surface area (Å²) in [4.78, 5) is 4.91. The lowest BCUT2D eigenvalue weighted by Crippen LogP contribution is -2.28. The number of hydrogen-bond donors (Lipinski definition) is 0. The topological polar surface area (TPSA) is 42.4 Å². The molecule has 1 unspecified atom stereocenters. The highest BCUT2D eigenvalue weighted by Crippen LogP contribution is 2.48. The molecule has 3 aromatic carbocycles. The molecular formula is C34H33N4O+. The minimum atomic E-state index is -0.167. The van der Waals surface area contributed by atoms with Crippen LogP contribution >= 0.6 is 0 Å². The van der Waals surface area contributed by atoms with Crippen LogP contribution in [0.1, 0.15) is 58.2 Å². The van der Waals surface area contributed by atoms with Crippen LogP contribution in [0.3, 0.4) is 0 Å². The SMILES string of the molecule is CC1C=CN=[N+]1c1cccc(Oc2ccc3c4cc(C(C)(C)C)cc5c4n(c3c2)-c2ncccc2C5(C)C)c1. The number of fused-ring (bicyclic) bond motifs is 5. The van der Waals surface area contributed by atoms with Gasteiger partial charge >= 0.3 is 0 Å². The number of rotatable bonds is 3. The fraction of sp³-hybridized carbons (Fsp3) is 0.265. The Kier molecular flexibility index (Phi) is 4.97. The second-order valence-corrected chi connectivity index (χ2v) is 12.3. The van der Waals surface area contributed by atoms with Gasteiger partial charge in [0.05, 0.1) is 23.3 Å². The molecule has 0 saturated heterocycles. The van der Waals surface area contributed by atoms with Crippen LogP contribution < -0.4 is 4.74 Å². The first-order chi connectivity index (χ1) is 18.6. The van der Waals surface area contributed by atoms with Gasteiger partial charge in [-0.05, 0) is 52.0 Å². The van der Waals surface area contributed by atoms with Gasteiger partial charge in [-0.2, -0.15) is 0 Å². The summed E-state index contributed by atoms with van der Waals surface area (Å²) >= 11 is 0. The van der Waals surface area contributed by atoms with E-state index in [1.165, 1.54) is 33.0 Å². The van der Waals surface area contributed by atoms with E-state index in [0.29, 0.717) is 0 Å². The summed E-state index contributed by atoms with van der Waals surface area (Å²) in [7, 11) is 0. The zero-order valence-electron chi connectivity index (χ0n) is 23.4. The Morgan fingerprint density at radius 1 is 0.897 bits per heavy atom. The van der Waals surface area contributed by atoms with E-state index in [1.807, 2.05) is 41.4 Å². The zero-order chi connectivity index (χ0) is 27.1. The van der Waals surface area contributed by atoms with Crippen LogP contribution in [-0.2, 0) is 10.8 Å². The summed E-state index contributed by atoms with van der Waals surface area (Å²) in [6, 6.07) is 23.8. The Morgan fingerprint density at radius 2 is 1.72 bits per heavy atom. The molecule has 0 N–H and O–H groups in total. The van der Waals surface area contributed by atoms with E-state index in [-0.39, 0.29) is 16.9 Å². The van der Waals surface area contributed by atoms with Crippen molar-refractivity contribution < 1.29 is 9.43 Å². The number of benzene rings is 3. The third-order valence-electron chi connectivity index (χ3n) is 8.30. The zero-order valence-corrected chi connectivity index (χ0v) is 23.4. The first-order valence-electron chi connectivity index (χ1n) is 13.7. The van der Waals surface area contributed by atoms with Crippen molar-refractivity contribution >= 4 is 27.5 Å². The van der Waals surface area contributed by atoms with E-state index in [2.05, 4.69) is 99.8 Å². The molecule has 5 heteroatoms. The largest absolute Gasteiger partial charge is 0.457 e. The lowest BCUT2D eigenvalue weighted by atomic mass is 9.73. The minimum Gasteiger partial charge on any atom is -0.457 e. The highest BCUT2D eigenvalue weighted by Gasteiger charge is 2.37. The highest BCUT2D eigenvalue weighted by atomic mass is 16.5. The molecule has 7 rings (SSSR count). The van der Waals surface area contributed by atoms with Crippen molar-refractivity contribution in [1.82, 2.24) is 9.55 Å². The van der Waals surface area contributed by atoms with Crippen molar-refractivity contribution in [2.24, 2.45) is 5.11 Å². The number of pyridine rings is 1. The monoisotopic (exact) mass is 513 g/mol. The van der Waals surface area contributed by atoms with Gasteiger partial charge in [-0.25, -0.2) is 4.98 Å². The summed E-state index contributed by atoms with van der Waals surface area (Å²) in [6.45, 7) is 13.6. The van der Waals surface area contributed by atoms with Crippen molar-refractivity contribution in [1.29, 1.82) is 0 Å². The predicted molar refractivity (Wildman–Crippen MR) is 157 cm³/mol. The van der Waals surface area contributed by atoms with Crippen molar-refractivity contribution in [2.75, 3.05) is 0 Å². The maximum absolute atomic E-state index is 6.45. The molecule has 0 fully saturated rings. The normalized spacial score (nSPS) is 17.5. The second-order valence-electron chi connectivity index (χ2n) is 12.3. The molecule has 2 aliphatic rings. The smallest absolute Gasteiger partial charge is 0.236 e. The third kappa shape index (κ3) is 3.56. The first-order valence-corrected chi connectivity index (χ1v) is 13.7. The summed E-state index contributed by atoms with van der Waals surface area (Å²) in [5.74, 6) is 2.57. The van der Waals surface area contributed by atoms with Gasteiger partial charge in [0.25, 0.3) is 0 Å². The number of ether oxygens (including phenoxy) is 1. The Balaban J connectivity index is 1.43. The molecule has 194 valence electrons. The average Bonchev–Trinajstić information content (AvgIpc) is 3.48. The molecule has 0 aliphatic carbocycles. The Labute approximate surface area is 229 Å². The molecule has 0 saturated carbocycles. The Hall–Kier alpha value is -4.25. The third-order valence-corrected chi connectivity index (χ3v) is 8.30. The fourth-order valence-corrected chi connectivity index (χ4v) is 6.08. The quantitative estimate of drug-likeness (QED) is 0.226. The molecule has 0 radical (unpaired) electrons. The van der Waals surface area contributed by atoms with Gasteiger partial charge in [-0.15, -0.1) is 0 Å². The van der Waals surface area contributed by atoms with E-state index in [4.69, 9.17) is 9.72 Å². The Bertz CT molecular complexity index is 1870. The van der Waals surface area contributed by atoms with Crippen molar-refractivity contribution in [3.63, 3.8) is 0 Å². The summed E-state index contributed by atoms with van der Waals surface area (Å²) in [5.41, 5.74) is 7.14. The maximum atomic E-state index is 6.45. The molecule has 39 heavy (non-hydrogen) atoms. The number of nitrogens with zero attached hydrogens (tertiary/aromatic N) is 4. The summed E-state index contributed by atoms with van der Waals surface area (Å²) in [6.07, 6.45) is 5.82. The van der Waals surface area contributed by atoms with E-state index in [9.17, 15) is 0 Å². The van der Waals surface area contributed by atoms with Crippen LogP contribution in [0, 0.1) is 0 Å². The summed E-state index contributed by atoms with van der Waals surface area (Å²) in [5, 5.41) is 6.96. The van der Waals surface area contributed by atoms with Crippen LogP contribution in [0.25, 0.3) is 27.6 Å². The average molecular weight is 514 g/mol. The first kappa shape index (κ1) is 23.8. The molecule has 4 heterocycles. The van der Waals surface area contributed by atoms with Crippen LogP contribution in [0.4, 0.5) is 5.69 Å². The van der Waals surface area contributed by atoms with E-state index < -0.39 is 0 Å². The Morgan fingerprint density at radius 3 is 2.49 bits per heavy atom. The van der Waals surface area contributed by atoms with Crippen molar-refractivity contribution in [3.8, 4) is 17.3 Å².